The van der Waals surface area contributed by atoms with Crippen molar-refractivity contribution < 1.29 is 35.9 Å². The van der Waals surface area contributed by atoms with Crippen molar-refractivity contribution in [2.24, 2.45) is 0 Å². The molecule has 1 radical (unpaired) electrons. The molecule has 2 rings (SSSR count). The van der Waals surface area contributed by atoms with E-state index in [4.69, 9.17) is 4.74 Å². The van der Waals surface area contributed by atoms with Crippen LogP contribution in [0, 0.1) is 6.07 Å². The number of benzene rings is 2. The second-order valence-corrected chi connectivity index (χ2v) is 6.98. The number of unbranched alkanes of at least 4 members (excludes halogenated alkanes) is 2. The monoisotopic (exact) mass is 446 g/mol. The first kappa shape index (κ1) is 24.6. The van der Waals surface area contributed by atoms with Crippen LogP contribution in [0.3, 0.4) is 0 Å². The minimum Gasteiger partial charge on any atom is -0.488 e. The summed E-state index contributed by atoms with van der Waals surface area (Å²) in [6.07, 6.45) is -6.32. The van der Waals surface area contributed by atoms with Crippen molar-refractivity contribution in [2.75, 3.05) is 7.05 Å². The normalized spacial score (nSPS) is 12.0. The fraction of sp³-hybridized carbons (Fsp3) is 0.409. The number of halogens is 6. The second kappa shape index (κ2) is 10.5. The molecule has 31 heavy (non-hydrogen) atoms. The molecule has 0 bridgehead atoms. The largest absolute Gasteiger partial charge is 0.488 e. The van der Waals surface area contributed by atoms with Crippen molar-refractivity contribution in [1.29, 1.82) is 0 Å². The molecule has 0 atom stereocenters. The second-order valence-electron chi connectivity index (χ2n) is 6.98. The number of amides is 1. The molecule has 0 unspecified atom stereocenters. The summed E-state index contributed by atoms with van der Waals surface area (Å²) in [5.74, 6) is 0.207. The number of carbonyl (C=O) groups excluding carboxylic acids is 1. The van der Waals surface area contributed by atoms with Gasteiger partial charge >= 0.3 is 12.4 Å². The average Bonchev–Trinajstić information content (AvgIpc) is 2.70. The van der Waals surface area contributed by atoms with Crippen LogP contribution in [0.5, 0.6) is 5.75 Å². The molecule has 0 aliphatic rings. The Morgan fingerprint density at radius 2 is 1.61 bits per heavy atom. The summed E-state index contributed by atoms with van der Waals surface area (Å²) in [5.41, 5.74) is -2.20. The molecule has 9 heteroatoms. The number of aryl methyl sites for hydroxylation is 1. The van der Waals surface area contributed by atoms with E-state index in [2.05, 4.69) is 11.4 Å². The fourth-order valence-corrected chi connectivity index (χ4v) is 2.89. The van der Waals surface area contributed by atoms with Gasteiger partial charge in [-0.3, -0.25) is 4.79 Å². The van der Waals surface area contributed by atoms with Gasteiger partial charge < -0.3 is 10.1 Å². The van der Waals surface area contributed by atoms with Crippen LogP contribution < -0.4 is 10.1 Å². The summed E-state index contributed by atoms with van der Waals surface area (Å²) in [5, 5.41) is 2.55. The summed E-state index contributed by atoms with van der Waals surface area (Å²) in [7, 11) is 1.58. The number of carbonyl (C=O) groups is 1. The molecule has 0 aromatic heterocycles. The highest BCUT2D eigenvalue weighted by molar-refractivity contribution is 5.75. The molecule has 0 heterocycles. The summed E-state index contributed by atoms with van der Waals surface area (Å²) >= 11 is 0. The van der Waals surface area contributed by atoms with E-state index in [1.165, 1.54) is 6.07 Å². The van der Waals surface area contributed by atoms with Crippen LogP contribution in [0.15, 0.2) is 36.4 Å². The van der Waals surface area contributed by atoms with E-state index in [0.717, 1.165) is 24.8 Å². The van der Waals surface area contributed by atoms with Crippen LogP contribution >= 0.6 is 0 Å². The van der Waals surface area contributed by atoms with Gasteiger partial charge in [0.05, 0.1) is 11.1 Å². The predicted octanol–water partition coefficient (Wildman–Crippen LogP) is 5.95. The number of rotatable bonds is 9. The Balaban J connectivity index is 2.00. The maximum absolute atomic E-state index is 13.0. The first-order valence-electron chi connectivity index (χ1n) is 9.62. The summed E-state index contributed by atoms with van der Waals surface area (Å²) in [4.78, 5) is 11.2. The Hall–Kier alpha value is -2.71. The van der Waals surface area contributed by atoms with Gasteiger partial charge in [-0.2, -0.15) is 26.3 Å². The maximum Gasteiger partial charge on any atom is 0.416 e. The molecule has 0 aliphatic heterocycles. The average molecular weight is 446 g/mol. The molecule has 1 N–H and O–H groups in total. The van der Waals surface area contributed by atoms with Crippen LogP contribution in [0.1, 0.15) is 47.9 Å². The summed E-state index contributed by atoms with van der Waals surface area (Å²) in [6.45, 7) is -0.459. The number of hydrogen-bond donors (Lipinski definition) is 1. The lowest BCUT2D eigenvalue weighted by molar-refractivity contribution is -0.143. The van der Waals surface area contributed by atoms with E-state index < -0.39 is 30.1 Å². The van der Waals surface area contributed by atoms with Gasteiger partial charge in [0.25, 0.3) is 0 Å². The topological polar surface area (TPSA) is 38.3 Å². The lowest BCUT2D eigenvalue weighted by Crippen LogP contribution is -2.16. The minimum absolute atomic E-state index is 0.0229. The van der Waals surface area contributed by atoms with Crippen LogP contribution in [0.2, 0.25) is 0 Å². The Kier molecular flexibility index (Phi) is 8.36. The van der Waals surface area contributed by atoms with E-state index in [1.807, 2.05) is 0 Å². The highest BCUT2D eigenvalue weighted by Gasteiger charge is 2.36. The molecule has 0 saturated heterocycles. The van der Waals surface area contributed by atoms with Crippen molar-refractivity contribution >= 4 is 5.91 Å². The van der Waals surface area contributed by atoms with Gasteiger partial charge in [-0.25, -0.2) is 0 Å². The molecule has 0 aliphatic carbocycles. The minimum atomic E-state index is -4.90. The molecule has 0 spiro atoms. The first-order valence-corrected chi connectivity index (χ1v) is 9.62. The van der Waals surface area contributed by atoms with Crippen LogP contribution in [-0.2, 0) is 30.2 Å². The van der Waals surface area contributed by atoms with Gasteiger partial charge in [0.1, 0.15) is 12.4 Å². The molecular formula is C22H22F6NO2. The number of alkyl halides is 6. The Labute approximate surface area is 176 Å². The maximum atomic E-state index is 13.0. The number of ether oxygens (including phenoxy) is 1. The molecule has 0 fully saturated rings. The quantitative estimate of drug-likeness (QED) is 0.382. The predicted molar refractivity (Wildman–Crippen MR) is 102 cm³/mol. The third-order valence-corrected chi connectivity index (χ3v) is 4.50. The van der Waals surface area contributed by atoms with Crippen molar-refractivity contribution in [3.05, 3.63) is 64.7 Å². The van der Waals surface area contributed by atoms with Crippen LogP contribution in [-0.4, -0.2) is 13.0 Å². The van der Waals surface area contributed by atoms with Crippen LogP contribution in [0.25, 0.3) is 0 Å². The number of hydrogen-bond acceptors (Lipinski definition) is 2. The van der Waals surface area contributed by atoms with Gasteiger partial charge in [0.2, 0.25) is 5.91 Å². The molecule has 1 amide bonds. The SMILES string of the molecule is CNC(=O)CCCCCc1[c]c(OCc2cc(C(F)(F)F)cc(C(F)(F)F)c2)ccc1. The van der Waals surface area contributed by atoms with Gasteiger partial charge in [0, 0.05) is 19.5 Å². The van der Waals surface area contributed by atoms with E-state index >= 15 is 0 Å². The van der Waals surface area contributed by atoms with Crippen molar-refractivity contribution in [3.63, 3.8) is 0 Å². The fourth-order valence-electron chi connectivity index (χ4n) is 2.89. The highest BCUT2D eigenvalue weighted by atomic mass is 19.4. The standard InChI is InChI=1S/C22H22F6NO2/c1-29-20(30)9-4-2-3-6-15-7-5-8-19(12-15)31-14-16-10-17(21(23,24)25)13-18(11-16)22(26,27)28/h5,7-8,10-11,13H,2-4,6,9,14H2,1H3,(H,29,30). The highest BCUT2D eigenvalue weighted by Crippen LogP contribution is 2.36. The Bertz CT molecular complexity index is 845. The zero-order chi connectivity index (χ0) is 23.1. The molecule has 2 aromatic rings. The molecule has 0 saturated carbocycles. The van der Waals surface area contributed by atoms with E-state index in [1.54, 1.807) is 19.2 Å². The third-order valence-electron chi connectivity index (χ3n) is 4.50. The Morgan fingerprint density at radius 1 is 0.968 bits per heavy atom. The summed E-state index contributed by atoms with van der Waals surface area (Å²) < 4.78 is 83.1. The van der Waals surface area contributed by atoms with Gasteiger partial charge in [-0.1, -0.05) is 18.6 Å². The molecule has 169 valence electrons. The first-order chi connectivity index (χ1) is 14.5. The number of nitrogens with one attached hydrogen (secondary N) is 1. The van der Waals surface area contributed by atoms with Gasteiger partial charge in [-0.05, 0) is 54.7 Å². The smallest absolute Gasteiger partial charge is 0.416 e. The van der Waals surface area contributed by atoms with Crippen molar-refractivity contribution in [3.8, 4) is 5.75 Å². The van der Waals surface area contributed by atoms with Gasteiger partial charge in [0.15, 0.2) is 0 Å². The zero-order valence-corrected chi connectivity index (χ0v) is 16.8. The van der Waals surface area contributed by atoms with Crippen molar-refractivity contribution in [2.45, 2.75) is 51.1 Å². The lowest BCUT2D eigenvalue weighted by Gasteiger charge is -2.15. The zero-order valence-electron chi connectivity index (χ0n) is 16.8. The van der Waals surface area contributed by atoms with E-state index in [9.17, 15) is 31.1 Å². The molecular weight excluding hydrogens is 424 g/mol. The van der Waals surface area contributed by atoms with E-state index in [-0.39, 0.29) is 23.3 Å². The summed E-state index contributed by atoms with van der Waals surface area (Å²) in [6, 6.07) is 9.36. The molecule has 3 nitrogen and oxygen atoms in total. The lowest BCUT2D eigenvalue weighted by atomic mass is 10.0. The molecule has 2 aromatic carbocycles. The third kappa shape index (κ3) is 8.15. The van der Waals surface area contributed by atoms with Crippen LogP contribution in [0.4, 0.5) is 26.3 Å². The van der Waals surface area contributed by atoms with Gasteiger partial charge in [-0.15, -0.1) is 0 Å². The Morgan fingerprint density at radius 3 is 2.19 bits per heavy atom. The van der Waals surface area contributed by atoms with E-state index in [0.29, 0.717) is 25.0 Å². The van der Waals surface area contributed by atoms with Crippen molar-refractivity contribution in [1.82, 2.24) is 5.32 Å².